The molecule has 0 aliphatic carbocycles. The van der Waals surface area contributed by atoms with Gasteiger partial charge in [0.05, 0.1) is 0 Å². The molecule has 0 spiro atoms. The van der Waals surface area contributed by atoms with Gasteiger partial charge in [-0.15, -0.1) is 0 Å². The molecular weight excluding hydrogens is 160 g/mol. The van der Waals surface area contributed by atoms with E-state index < -0.39 is 11.9 Å². The zero-order chi connectivity index (χ0) is 9.14. The largest absolute Gasteiger partial charge is 0.370 e. The van der Waals surface area contributed by atoms with E-state index in [-0.39, 0.29) is 11.9 Å². The van der Waals surface area contributed by atoms with Gasteiger partial charge in [0.15, 0.2) is 5.96 Å². The van der Waals surface area contributed by atoms with Crippen LogP contribution in [0.2, 0.25) is 0 Å². The Kier molecular flexibility index (Phi) is 2.27. The molecule has 5 N–H and O–H groups in total. The highest BCUT2D eigenvalue weighted by Gasteiger charge is 2.26. The molecule has 0 aromatic carbocycles. The number of rotatable bonds is 1. The zero-order valence-corrected chi connectivity index (χ0v) is 6.41. The summed E-state index contributed by atoms with van der Waals surface area (Å²) in [6, 6.07) is -0.542. The van der Waals surface area contributed by atoms with Crippen LogP contribution in [0.3, 0.4) is 0 Å². The maximum Gasteiger partial charge on any atom is 0.271 e. The number of hydrogen-bond donors (Lipinski definition) is 3. The number of aliphatic imine (C=N–C) groups is 1. The van der Waals surface area contributed by atoms with Crippen LogP contribution >= 0.6 is 0 Å². The summed E-state index contributed by atoms with van der Waals surface area (Å²) in [5.74, 6) is -0.902. The van der Waals surface area contributed by atoms with Gasteiger partial charge in [-0.2, -0.15) is 4.99 Å². The Morgan fingerprint density at radius 2 is 2.25 bits per heavy atom. The molecule has 1 aliphatic rings. The van der Waals surface area contributed by atoms with Crippen LogP contribution in [0, 0.1) is 0 Å². The number of nitrogens with zero attached hydrogens (tertiary/aromatic N) is 1. The Morgan fingerprint density at radius 3 is 2.67 bits per heavy atom. The number of nitrogens with one attached hydrogen (secondary N) is 1. The van der Waals surface area contributed by atoms with Crippen molar-refractivity contribution in [2.75, 3.05) is 0 Å². The number of amides is 2. The van der Waals surface area contributed by atoms with Crippen molar-refractivity contribution in [3.63, 3.8) is 0 Å². The quantitative estimate of drug-likeness (QED) is 0.314. The molecule has 0 bridgehead atoms. The molecule has 0 aromatic heterocycles. The normalized spacial score (nSPS) is 21.7. The van der Waals surface area contributed by atoms with Gasteiger partial charge in [0.1, 0.15) is 6.04 Å². The molecule has 0 aromatic rings. The number of nitrogens with two attached hydrogens (primary N) is 2. The van der Waals surface area contributed by atoms with E-state index in [0.717, 1.165) is 0 Å². The van der Waals surface area contributed by atoms with Crippen molar-refractivity contribution in [2.45, 2.75) is 18.9 Å². The molecule has 12 heavy (non-hydrogen) atoms. The number of carbonyl (C=O) groups is 2. The number of carbonyl (C=O) groups excluding carboxylic acids is 2. The fraction of sp³-hybridized carbons (Fsp3) is 0.500. The van der Waals surface area contributed by atoms with Gasteiger partial charge >= 0.3 is 0 Å². The summed E-state index contributed by atoms with van der Waals surface area (Å²) in [5, 5.41) is 2.45. The average Bonchev–Trinajstić information content (AvgIpc) is 2.34. The molecule has 0 saturated carbocycles. The van der Waals surface area contributed by atoms with Crippen molar-refractivity contribution in [1.82, 2.24) is 5.32 Å². The van der Waals surface area contributed by atoms with E-state index in [1.165, 1.54) is 0 Å². The van der Waals surface area contributed by atoms with Crippen molar-refractivity contribution in [3.05, 3.63) is 0 Å². The third-order valence-corrected chi connectivity index (χ3v) is 1.53. The SMILES string of the molecule is NC(N)=NC(=O)C1CCC(=O)N1. The van der Waals surface area contributed by atoms with Gasteiger partial charge in [-0.05, 0) is 6.42 Å². The molecule has 1 atom stereocenters. The van der Waals surface area contributed by atoms with Crippen molar-refractivity contribution in [1.29, 1.82) is 0 Å². The third kappa shape index (κ3) is 1.94. The summed E-state index contributed by atoms with van der Waals surface area (Å²) in [4.78, 5) is 25.0. The van der Waals surface area contributed by atoms with Gasteiger partial charge < -0.3 is 16.8 Å². The second-order valence-electron chi connectivity index (χ2n) is 2.53. The molecule has 1 saturated heterocycles. The van der Waals surface area contributed by atoms with Crippen LogP contribution < -0.4 is 16.8 Å². The number of guanidine groups is 1. The smallest absolute Gasteiger partial charge is 0.271 e. The molecule has 1 heterocycles. The molecule has 1 rings (SSSR count). The Bertz CT molecular complexity index is 244. The van der Waals surface area contributed by atoms with Gasteiger partial charge in [-0.25, -0.2) is 0 Å². The van der Waals surface area contributed by atoms with Gasteiger partial charge in [-0.1, -0.05) is 0 Å². The van der Waals surface area contributed by atoms with Crippen LogP contribution in [-0.4, -0.2) is 23.8 Å². The second kappa shape index (κ2) is 3.21. The Balaban J connectivity index is 2.55. The monoisotopic (exact) mass is 170 g/mol. The maximum absolute atomic E-state index is 11.0. The van der Waals surface area contributed by atoms with E-state index in [2.05, 4.69) is 10.3 Å². The molecule has 1 aliphatic heterocycles. The predicted molar refractivity (Wildman–Crippen MR) is 42.0 cm³/mol. The Morgan fingerprint density at radius 1 is 1.58 bits per heavy atom. The average molecular weight is 170 g/mol. The van der Waals surface area contributed by atoms with E-state index in [1.807, 2.05) is 0 Å². The van der Waals surface area contributed by atoms with Crippen LogP contribution in [0.25, 0.3) is 0 Å². The first-order chi connectivity index (χ1) is 5.59. The first-order valence-electron chi connectivity index (χ1n) is 3.52. The summed E-state index contributed by atoms with van der Waals surface area (Å²) >= 11 is 0. The van der Waals surface area contributed by atoms with Gasteiger partial charge in [0.2, 0.25) is 5.91 Å². The zero-order valence-electron chi connectivity index (χ0n) is 6.41. The van der Waals surface area contributed by atoms with Crippen molar-refractivity contribution in [2.24, 2.45) is 16.5 Å². The van der Waals surface area contributed by atoms with Crippen molar-refractivity contribution in [3.8, 4) is 0 Å². The summed E-state index contributed by atoms with van der Waals surface area (Å²) < 4.78 is 0. The summed E-state index contributed by atoms with van der Waals surface area (Å²) in [7, 11) is 0. The minimum absolute atomic E-state index is 0.140. The fourth-order valence-electron chi connectivity index (χ4n) is 1.00. The van der Waals surface area contributed by atoms with Gasteiger partial charge in [0.25, 0.3) is 5.91 Å². The molecular formula is C6H10N4O2. The van der Waals surface area contributed by atoms with Crippen LogP contribution in [0.4, 0.5) is 0 Å². The van der Waals surface area contributed by atoms with E-state index in [1.54, 1.807) is 0 Å². The molecule has 1 unspecified atom stereocenters. The lowest BCUT2D eigenvalue weighted by Crippen LogP contribution is -2.34. The van der Waals surface area contributed by atoms with Gasteiger partial charge in [-0.3, -0.25) is 9.59 Å². The highest BCUT2D eigenvalue weighted by molar-refractivity contribution is 5.97. The molecule has 6 heteroatoms. The molecule has 0 radical (unpaired) electrons. The first-order valence-corrected chi connectivity index (χ1v) is 3.52. The minimum Gasteiger partial charge on any atom is -0.370 e. The standard InChI is InChI=1S/C6H10N4O2/c7-6(8)10-5(12)3-1-2-4(11)9-3/h3H,1-2H2,(H,9,11)(H4,7,8,10,12). The van der Waals surface area contributed by atoms with Crippen molar-refractivity contribution < 1.29 is 9.59 Å². The predicted octanol–water partition coefficient (Wildman–Crippen LogP) is -1.93. The molecule has 66 valence electrons. The topological polar surface area (TPSA) is 111 Å². The molecule has 6 nitrogen and oxygen atoms in total. The lowest BCUT2D eigenvalue weighted by molar-refractivity contribution is -0.123. The summed E-state index contributed by atoms with van der Waals surface area (Å²) in [6.07, 6.45) is 0.824. The van der Waals surface area contributed by atoms with Crippen LogP contribution in [0.15, 0.2) is 4.99 Å². The third-order valence-electron chi connectivity index (χ3n) is 1.53. The maximum atomic E-state index is 11.0. The highest BCUT2D eigenvalue weighted by Crippen LogP contribution is 2.07. The minimum atomic E-state index is -0.542. The number of hydrogen-bond acceptors (Lipinski definition) is 2. The van der Waals surface area contributed by atoms with E-state index in [9.17, 15) is 9.59 Å². The van der Waals surface area contributed by atoms with Gasteiger partial charge in [0, 0.05) is 6.42 Å². The molecule has 2 amide bonds. The second-order valence-corrected chi connectivity index (χ2v) is 2.53. The van der Waals surface area contributed by atoms with Crippen LogP contribution in [-0.2, 0) is 9.59 Å². The first kappa shape index (κ1) is 8.51. The molecule has 1 fully saturated rings. The lowest BCUT2D eigenvalue weighted by Gasteiger charge is -2.03. The highest BCUT2D eigenvalue weighted by atomic mass is 16.2. The van der Waals surface area contributed by atoms with Crippen LogP contribution in [0.1, 0.15) is 12.8 Å². The van der Waals surface area contributed by atoms with E-state index >= 15 is 0 Å². The lowest BCUT2D eigenvalue weighted by atomic mass is 10.2. The van der Waals surface area contributed by atoms with Crippen LogP contribution in [0.5, 0.6) is 0 Å². The van der Waals surface area contributed by atoms with E-state index in [4.69, 9.17) is 11.5 Å². The summed E-state index contributed by atoms with van der Waals surface area (Å²) in [5.41, 5.74) is 9.98. The van der Waals surface area contributed by atoms with E-state index in [0.29, 0.717) is 12.8 Å². The Hall–Kier alpha value is -1.59. The fourth-order valence-corrected chi connectivity index (χ4v) is 1.00. The Labute approximate surface area is 69.0 Å². The summed E-state index contributed by atoms with van der Waals surface area (Å²) in [6.45, 7) is 0. The van der Waals surface area contributed by atoms with Crippen molar-refractivity contribution >= 4 is 17.8 Å².